The molecule has 0 unspecified atom stereocenters. The van der Waals surface area contributed by atoms with Crippen molar-refractivity contribution in [2.75, 3.05) is 43.1 Å². The Morgan fingerprint density at radius 3 is 2.45 bits per heavy atom. The second-order valence-corrected chi connectivity index (χ2v) is 7.88. The zero-order chi connectivity index (χ0) is 22.8. The number of aromatic carboxylic acids is 1. The summed E-state index contributed by atoms with van der Waals surface area (Å²) < 4.78 is 7.34. The number of hydrogen-bond donors (Lipinski definition) is 1. The molecule has 9 nitrogen and oxygen atoms in total. The number of nitrogens with zero attached hydrogens (tertiary/aromatic N) is 6. The number of carbonyl (C=O) groups is 1. The molecule has 0 spiro atoms. The van der Waals surface area contributed by atoms with Gasteiger partial charge in [-0.2, -0.15) is 5.10 Å². The Morgan fingerprint density at radius 1 is 1.00 bits per heavy atom. The Labute approximate surface area is 190 Å². The van der Waals surface area contributed by atoms with Crippen molar-refractivity contribution in [3.63, 3.8) is 0 Å². The number of methoxy groups -OCH3 is 1. The van der Waals surface area contributed by atoms with Gasteiger partial charge in [0.1, 0.15) is 17.9 Å². The van der Waals surface area contributed by atoms with Gasteiger partial charge in [-0.05, 0) is 29.8 Å². The minimum Gasteiger partial charge on any atom is -0.495 e. The number of aromatic nitrogens is 4. The van der Waals surface area contributed by atoms with Crippen molar-refractivity contribution in [2.24, 2.45) is 0 Å². The van der Waals surface area contributed by atoms with Gasteiger partial charge in [-0.15, -0.1) is 0 Å². The topological polar surface area (TPSA) is 96.6 Å². The first-order chi connectivity index (χ1) is 16.1. The third-order valence-electron chi connectivity index (χ3n) is 5.95. The van der Waals surface area contributed by atoms with Gasteiger partial charge >= 0.3 is 5.97 Å². The molecule has 168 valence electrons. The normalized spacial score (nSPS) is 14.0. The maximum absolute atomic E-state index is 11.1. The largest absolute Gasteiger partial charge is 0.495 e. The SMILES string of the molecule is COc1ccccc1N1CCN(c2ncnc3c2cnn3Cc2ccc(C(=O)O)cc2)CC1. The van der Waals surface area contributed by atoms with Crippen LogP contribution >= 0.6 is 0 Å². The fraction of sp³-hybridized carbons (Fsp3) is 0.250. The summed E-state index contributed by atoms with van der Waals surface area (Å²) in [5.74, 6) is 0.828. The highest BCUT2D eigenvalue weighted by Crippen LogP contribution is 2.30. The predicted molar refractivity (Wildman–Crippen MR) is 125 cm³/mol. The summed E-state index contributed by atoms with van der Waals surface area (Å²) in [5, 5.41) is 14.5. The van der Waals surface area contributed by atoms with Crippen LogP contribution in [0.25, 0.3) is 11.0 Å². The standard InChI is InChI=1S/C24H24N6O3/c1-33-21-5-3-2-4-20(21)28-10-12-29(13-11-28)22-19-14-27-30(23(19)26-16-25-22)15-17-6-8-18(9-7-17)24(31)32/h2-9,14,16H,10-13,15H2,1H3,(H,31,32). The monoisotopic (exact) mass is 444 g/mol. The van der Waals surface area contributed by atoms with Crippen LogP contribution in [0.1, 0.15) is 15.9 Å². The molecule has 4 aromatic rings. The lowest BCUT2D eigenvalue weighted by Crippen LogP contribution is -2.47. The first kappa shape index (κ1) is 20.7. The number of ether oxygens (including phenoxy) is 1. The van der Waals surface area contributed by atoms with Crippen molar-refractivity contribution in [3.8, 4) is 5.75 Å². The van der Waals surface area contributed by atoms with E-state index in [1.165, 1.54) is 0 Å². The summed E-state index contributed by atoms with van der Waals surface area (Å²) in [6, 6.07) is 14.9. The molecular formula is C24H24N6O3. The number of carboxylic acids is 1. The first-order valence-corrected chi connectivity index (χ1v) is 10.8. The van der Waals surface area contributed by atoms with Gasteiger partial charge in [0, 0.05) is 26.2 Å². The lowest BCUT2D eigenvalue weighted by molar-refractivity contribution is 0.0697. The van der Waals surface area contributed by atoms with Crippen LogP contribution in [0.5, 0.6) is 5.75 Å². The number of fused-ring (bicyclic) bond motifs is 1. The van der Waals surface area contributed by atoms with Crippen molar-refractivity contribution >= 4 is 28.5 Å². The summed E-state index contributed by atoms with van der Waals surface area (Å²) >= 11 is 0. The van der Waals surface area contributed by atoms with Crippen LogP contribution in [0.4, 0.5) is 11.5 Å². The number of rotatable bonds is 6. The number of carboxylic acid groups (broad SMARTS) is 1. The minimum absolute atomic E-state index is 0.265. The fourth-order valence-electron chi connectivity index (χ4n) is 4.22. The molecule has 2 aromatic heterocycles. The predicted octanol–water partition coefficient (Wildman–Crippen LogP) is 2.91. The van der Waals surface area contributed by atoms with Gasteiger partial charge in [-0.1, -0.05) is 24.3 Å². The van der Waals surface area contributed by atoms with E-state index >= 15 is 0 Å². The average molecular weight is 444 g/mol. The zero-order valence-electron chi connectivity index (χ0n) is 18.3. The molecule has 0 aliphatic carbocycles. The van der Waals surface area contributed by atoms with E-state index in [4.69, 9.17) is 9.84 Å². The van der Waals surface area contributed by atoms with E-state index in [0.29, 0.717) is 6.54 Å². The zero-order valence-corrected chi connectivity index (χ0v) is 18.3. The molecule has 0 radical (unpaired) electrons. The Kier molecular flexibility index (Phi) is 5.52. The van der Waals surface area contributed by atoms with Crippen LogP contribution in [0.15, 0.2) is 61.1 Å². The maximum Gasteiger partial charge on any atom is 0.335 e. The highest BCUT2D eigenvalue weighted by Gasteiger charge is 2.23. The Morgan fingerprint density at radius 2 is 1.73 bits per heavy atom. The Hall–Kier alpha value is -4.14. The lowest BCUT2D eigenvalue weighted by Gasteiger charge is -2.37. The molecule has 2 aromatic carbocycles. The summed E-state index contributed by atoms with van der Waals surface area (Å²) in [6.07, 6.45) is 3.39. The third-order valence-corrected chi connectivity index (χ3v) is 5.95. The van der Waals surface area contributed by atoms with Crippen molar-refractivity contribution in [1.29, 1.82) is 0 Å². The number of hydrogen-bond acceptors (Lipinski definition) is 7. The van der Waals surface area contributed by atoms with E-state index in [9.17, 15) is 4.79 Å². The molecule has 0 saturated carbocycles. The molecule has 1 N–H and O–H groups in total. The second-order valence-electron chi connectivity index (χ2n) is 7.88. The van der Waals surface area contributed by atoms with E-state index in [1.54, 1.807) is 37.7 Å². The molecule has 1 fully saturated rings. The second kappa shape index (κ2) is 8.78. The smallest absolute Gasteiger partial charge is 0.335 e. The molecule has 5 rings (SSSR count). The van der Waals surface area contributed by atoms with Crippen LogP contribution in [0.3, 0.4) is 0 Å². The van der Waals surface area contributed by atoms with Crippen molar-refractivity contribution in [3.05, 3.63) is 72.2 Å². The number of para-hydroxylation sites is 2. The van der Waals surface area contributed by atoms with E-state index in [-0.39, 0.29) is 5.56 Å². The molecule has 1 aliphatic heterocycles. The van der Waals surface area contributed by atoms with Crippen molar-refractivity contribution < 1.29 is 14.6 Å². The summed E-state index contributed by atoms with van der Waals surface area (Å²) in [7, 11) is 1.70. The third kappa shape index (κ3) is 4.05. The van der Waals surface area contributed by atoms with Crippen LogP contribution in [-0.2, 0) is 6.54 Å². The summed E-state index contributed by atoms with van der Waals surface area (Å²) in [5.41, 5.74) is 3.08. The van der Waals surface area contributed by atoms with Gasteiger partial charge in [0.05, 0.1) is 36.5 Å². The molecule has 0 bridgehead atoms. The highest BCUT2D eigenvalue weighted by atomic mass is 16.5. The van der Waals surface area contributed by atoms with E-state index < -0.39 is 5.97 Å². The van der Waals surface area contributed by atoms with Gasteiger partial charge in [0.25, 0.3) is 0 Å². The van der Waals surface area contributed by atoms with Gasteiger partial charge < -0.3 is 19.6 Å². The molecular weight excluding hydrogens is 420 g/mol. The lowest BCUT2D eigenvalue weighted by atomic mass is 10.1. The van der Waals surface area contributed by atoms with Crippen LogP contribution in [-0.4, -0.2) is 64.1 Å². The Balaban J connectivity index is 1.34. The van der Waals surface area contributed by atoms with E-state index in [0.717, 1.165) is 60.0 Å². The van der Waals surface area contributed by atoms with Crippen LogP contribution in [0.2, 0.25) is 0 Å². The highest BCUT2D eigenvalue weighted by molar-refractivity contribution is 5.88. The molecule has 1 saturated heterocycles. The number of anilines is 2. The van der Waals surface area contributed by atoms with Crippen molar-refractivity contribution in [1.82, 2.24) is 19.7 Å². The maximum atomic E-state index is 11.1. The first-order valence-electron chi connectivity index (χ1n) is 10.8. The molecule has 33 heavy (non-hydrogen) atoms. The van der Waals surface area contributed by atoms with Gasteiger partial charge in [0.15, 0.2) is 5.65 Å². The van der Waals surface area contributed by atoms with Gasteiger partial charge in [0.2, 0.25) is 0 Å². The Bertz CT molecular complexity index is 1280. The van der Waals surface area contributed by atoms with Gasteiger partial charge in [-0.25, -0.2) is 19.4 Å². The molecule has 0 amide bonds. The summed E-state index contributed by atoms with van der Waals surface area (Å²) in [6.45, 7) is 3.87. The average Bonchev–Trinajstić information content (AvgIpc) is 3.27. The quantitative estimate of drug-likeness (QED) is 0.485. The van der Waals surface area contributed by atoms with Crippen LogP contribution in [0, 0.1) is 0 Å². The van der Waals surface area contributed by atoms with E-state index in [2.05, 4.69) is 30.9 Å². The number of piperazine rings is 1. The number of benzene rings is 2. The van der Waals surface area contributed by atoms with E-state index in [1.807, 2.05) is 29.1 Å². The fourth-order valence-corrected chi connectivity index (χ4v) is 4.22. The molecule has 9 heteroatoms. The molecule has 0 atom stereocenters. The molecule has 1 aliphatic rings. The molecule has 3 heterocycles. The van der Waals surface area contributed by atoms with Crippen molar-refractivity contribution in [2.45, 2.75) is 6.54 Å². The minimum atomic E-state index is -0.936. The van der Waals surface area contributed by atoms with Gasteiger partial charge in [-0.3, -0.25) is 0 Å². The summed E-state index contributed by atoms with van der Waals surface area (Å²) in [4.78, 5) is 24.7. The van der Waals surface area contributed by atoms with Crippen LogP contribution < -0.4 is 14.5 Å².